The molecular formula is C22H26F3N3OS. The van der Waals surface area contributed by atoms with Crippen molar-refractivity contribution in [1.82, 2.24) is 9.80 Å². The summed E-state index contributed by atoms with van der Waals surface area (Å²) in [5, 5.41) is 12.3. The third-order valence-electron chi connectivity index (χ3n) is 5.73. The van der Waals surface area contributed by atoms with Crippen molar-refractivity contribution < 1.29 is 18.3 Å². The van der Waals surface area contributed by atoms with Gasteiger partial charge in [-0.1, -0.05) is 23.9 Å². The molecule has 0 aromatic heterocycles. The lowest BCUT2D eigenvalue weighted by Gasteiger charge is -2.34. The lowest BCUT2D eigenvalue weighted by Crippen LogP contribution is -2.47. The van der Waals surface area contributed by atoms with Gasteiger partial charge in [-0.2, -0.15) is 13.2 Å². The number of hydrogen-bond acceptors (Lipinski definition) is 5. The number of β-amino-alcohol motifs (C(OH)–C–C–N with tert-alkyl or cyclic N) is 1. The number of benzene rings is 2. The molecule has 162 valence electrons. The molecular weight excluding hydrogens is 411 g/mol. The van der Waals surface area contributed by atoms with Crippen molar-refractivity contribution in [2.45, 2.75) is 28.8 Å². The molecule has 0 atom stereocenters. The first-order valence-corrected chi connectivity index (χ1v) is 11.1. The second kappa shape index (κ2) is 9.18. The first-order chi connectivity index (χ1) is 14.5. The van der Waals surface area contributed by atoms with Crippen LogP contribution in [0.3, 0.4) is 0 Å². The lowest BCUT2D eigenvalue weighted by atomic mass is 9.99. The van der Waals surface area contributed by atoms with Crippen molar-refractivity contribution in [2.75, 3.05) is 51.2 Å². The van der Waals surface area contributed by atoms with Gasteiger partial charge in [0.05, 0.1) is 23.5 Å². The molecule has 8 heteroatoms. The summed E-state index contributed by atoms with van der Waals surface area (Å²) in [6, 6.07) is 10.5. The van der Waals surface area contributed by atoms with Gasteiger partial charge in [-0.25, -0.2) is 0 Å². The summed E-state index contributed by atoms with van der Waals surface area (Å²) in [6.07, 6.45) is -3.32. The summed E-state index contributed by atoms with van der Waals surface area (Å²) in [7, 11) is 0. The molecule has 0 amide bonds. The van der Waals surface area contributed by atoms with E-state index in [-0.39, 0.29) is 6.61 Å². The topological polar surface area (TPSA) is 38.7 Å². The third kappa shape index (κ3) is 4.77. The number of fused-ring (bicyclic) bond motifs is 2. The molecule has 1 saturated heterocycles. The summed E-state index contributed by atoms with van der Waals surface area (Å²) >= 11 is 1.52. The first-order valence-electron chi connectivity index (χ1n) is 10.3. The largest absolute Gasteiger partial charge is 0.416 e. The zero-order valence-corrected chi connectivity index (χ0v) is 17.5. The predicted molar refractivity (Wildman–Crippen MR) is 114 cm³/mol. The van der Waals surface area contributed by atoms with Gasteiger partial charge in [0.25, 0.3) is 0 Å². The van der Waals surface area contributed by atoms with E-state index in [1.807, 2.05) is 24.3 Å². The molecule has 2 heterocycles. The number of rotatable bonds is 6. The average Bonchev–Trinajstić information content (AvgIpc) is 2.73. The standard InChI is InChI=1S/C22H26F3N3OS/c23-22(24,25)17-7-8-20-21(26-18-5-1-2-6-19(18)30-20)16(17)4-3-9-27-10-12-28(13-11-27)14-15-29/h1-2,5-8,26,29H,3-4,9-15H2. The van der Waals surface area contributed by atoms with Crippen LogP contribution >= 0.6 is 11.8 Å². The van der Waals surface area contributed by atoms with E-state index in [9.17, 15) is 13.2 Å². The molecule has 2 aromatic rings. The summed E-state index contributed by atoms with van der Waals surface area (Å²) in [6.45, 7) is 5.18. The molecule has 4 rings (SSSR count). The second-order valence-electron chi connectivity index (χ2n) is 7.70. The number of para-hydroxylation sites is 1. The van der Waals surface area contributed by atoms with Crippen LogP contribution < -0.4 is 5.32 Å². The molecule has 2 aliphatic rings. The summed E-state index contributed by atoms with van der Waals surface area (Å²) in [5.41, 5.74) is 1.28. The maximum atomic E-state index is 13.7. The Kier molecular flexibility index (Phi) is 6.57. The highest BCUT2D eigenvalue weighted by Gasteiger charge is 2.35. The zero-order valence-electron chi connectivity index (χ0n) is 16.7. The Bertz CT molecular complexity index is 882. The molecule has 4 nitrogen and oxygen atoms in total. The fourth-order valence-electron chi connectivity index (χ4n) is 4.14. The van der Waals surface area contributed by atoms with Gasteiger partial charge in [0, 0.05) is 42.5 Å². The SMILES string of the molecule is OCCN1CCN(CCCc2c(C(F)(F)F)ccc3c2Nc2ccccc2S3)CC1. The number of nitrogens with one attached hydrogen (secondary N) is 1. The van der Waals surface area contributed by atoms with Gasteiger partial charge in [-0.3, -0.25) is 4.90 Å². The molecule has 0 bridgehead atoms. The highest BCUT2D eigenvalue weighted by atomic mass is 32.2. The van der Waals surface area contributed by atoms with Crippen molar-refractivity contribution >= 4 is 23.1 Å². The summed E-state index contributed by atoms with van der Waals surface area (Å²) in [5.74, 6) is 0. The molecule has 2 N–H and O–H groups in total. The van der Waals surface area contributed by atoms with E-state index in [0.29, 0.717) is 30.6 Å². The quantitative estimate of drug-likeness (QED) is 0.596. The first kappa shape index (κ1) is 21.5. The molecule has 1 fully saturated rings. The van der Waals surface area contributed by atoms with Crippen LogP contribution in [0.15, 0.2) is 46.2 Å². The number of aliphatic hydroxyl groups excluding tert-OH is 1. The fourth-order valence-corrected chi connectivity index (χ4v) is 5.17. The summed E-state index contributed by atoms with van der Waals surface area (Å²) in [4.78, 5) is 6.38. The van der Waals surface area contributed by atoms with Gasteiger partial charge >= 0.3 is 6.18 Å². The van der Waals surface area contributed by atoms with Crippen LogP contribution in [0.2, 0.25) is 0 Å². The van der Waals surface area contributed by atoms with Crippen LogP contribution in [0.1, 0.15) is 17.5 Å². The Labute approximate surface area is 179 Å². The minimum atomic E-state index is -4.37. The number of halogens is 3. The molecule has 0 aliphatic carbocycles. The third-order valence-corrected chi connectivity index (χ3v) is 6.87. The van der Waals surface area contributed by atoms with Crippen LogP contribution in [-0.2, 0) is 12.6 Å². The maximum Gasteiger partial charge on any atom is 0.416 e. The van der Waals surface area contributed by atoms with Crippen LogP contribution in [0.25, 0.3) is 0 Å². The molecule has 0 unspecified atom stereocenters. The Hall–Kier alpha value is -1.74. The lowest BCUT2D eigenvalue weighted by molar-refractivity contribution is -0.138. The smallest absolute Gasteiger partial charge is 0.395 e. The number of aliphatic hydroxyl groups is 1. The highest BCUT2D eigenvalue weighted by molar-refractivity contribution is 7.99. The zero-order chi connectivity index (χ0) is 21.1. The van der Waals surface area contributed by atoms with Crippen LogP contribution in [0.5, 0.6) is 0 Å². The number of hydrogen-bond donors (Lipinski definition) is 2. The van der Waals surface area contributed by atoms with Crippen molar-refractivity contribution in [3.63, 3.8) is 0 Å². The Balaban J connectivity index is 1.48. The Morgan fingerprint density at radius 3 is 2.33 bits per heavy atom. The van der Waals surface area contributed by atoms with Crippen molar-refractivity contribution in [1.29, 1.82) is 0 Å². The van der Waals surface area contributed by atoms with E-state index in [1.165, 1.54) is 17.8 Å². The average molecular weight is 438 g/mol. The fraction of sp³-hybridized carbons (Fsp3) is 0.455. The van der Waals surface area contributed by atoms with Crippen LogP contribution in [0.4, 0.5) is 24.5 Å². The van der Waals surface area contributed by atoms with E-state index in [1.54, 1.807) is 6.07 Å². The Morgan fingerprint density at radius 2 is 1.63 bits per heavy atom. The highest BCUT2D eigenvalue weighted by Crippen LogP contribution is 2.48. The van der Waals surface area contributed by atoms with Crippen molar-refractivity contribution in [3.8, 4) is 0 Å². The van der Waals surface area contributed by atoms with E-state index < -0.39 is 11.7 Å². The van der Waals surface area contributed by atoms with Gasteiger partial charge in [-0.15, -0.1) is 0 Å². The van der Waals surface area contributed by atoms with Gasteiger partial charge in [-0.05, 0) is 49.2 Å². The molecule has 30 heavy (non-hydrogen) atoms. The summed E-state index contributed by atoms with van der Waals surface area (Å²) < 4.78 is 41.2. The molecule has 0 radical (unpaired) electrons. The second-order valence-corrected chi connectivity index (χ2v) is 8.78. The van der Waals surface area contributed by atoms with Crippen LogP contribution in [0, 0.1) is 0 Å². The van der Waals surface area contributed by atoms with Gasteiger partial charge in [0.2, 0.25) is 0 Å². The van der Waals surface area contributed by atoms with Gasteiger partial charge in [0.1, 0.15) is 0 Å². The monoisotopic (exact) mass is 437 g/mol. The van der Waals surface area contributed by atoms with Gasteiger partial charge in [0.15, 0.2) is 0 Å². The van der Waals surface area contributed by atoms with Crippen LogP contribution in [-0.4, -0.2) is 60.8 Å². The molecule has 0 spiro atoms. The van der Waals surface area contributed by atoms with Gasteiger partial charge < -0.3 is 15.3 Å². The number of nitrogens with zero attached hydrogens (tertiary/aromatic N) is 2. The maximum absolute atomic E-state index is 13.7. The van der Waals surface area contributed by atoms with E-state index in [0.717, 1.165) is 48.2 Å². The van der Waals surface area contributed by atoms with Crippen molar-refractivity contribution in [3.05, 3.63) is 47.5 Å². The number of piperazine rings is 1. The molecule has 2 aromatic carbocycles. The minimum Gasteiger partial charge on any atom is -0.395 e. The minimum absolute atomic E-state index is 0.160. The molecule has 0 saturated carbocycles. The Morgan fingerprint density at radius 1 is 0.933 bits per heavy atom. The predicted octanol–water partition coefficient (Wildman–Crippen LogP) is 4.46. The number of anilines is 2. The number of alkyl halides is 3. The van der Waals surface area contributed by atoms with E-state index >= 15 is 0 Å². The molecule has 2 aliphatic heterocycles. The van der Waals surface area contributed by atoms with Crippen molar-refractivity contribution in [2.24, 2.45) is 0 Å². The van der Waals surface area contributed by atoms with E-state index in [2.05, 4.69) is 15.1 Å². The normalized spacial score (nSPS) is 17.3. The van der Waals surface area contributed by atoms with E-state index in [4.69, 9.17) is 5.11 Å².